The maximum atomic E-state index is 13.8. The van der Waals surface area contributed by atoms with Crippen LogP contribution in [0.1, 0.15) is 84.0 Å². The van der Waals surface area contributed by atoms with Gasteiger partial charge in [-0.3, -0.25) is 9.59 Å². The van der Waals surface area contributed by atoms with Gasteiger partial charge >= 0.3 is 6.09 Å². The number of aliphatic hydroxyl groups excluding tert-OH is 1. The molecule has 0 aliphatic carbocycles. The van der Waals surface area contributed by atoms with Crippen molar-refractivity contribution in [3.05, 3.63) is 34.9 Å². The number of benzene rings is 1. The summed E-state index contributed by atoms with van der Waals surface area (Å²) in [4.78, 5) is 41.3. The summed E-state index contributed by atoms with van der Waals surface area (Å²) in [6.45, 7) is 16.3. The van der Waals surface area contributed by atoms with E-state index >= 15 is 0 Å². The molecule has 0 heterocycles. The number of hydrogen-bond donors (Lipinski definition) is 3. The first-order valence-corrected chi connectivity index (χ1v) is 12.5. The normalized spacial score (nSPS) is 14.1. The second-order valence-corrected chi connectivity index (χ2v) is 10.6. The van der Waals surface area contributed by atoms with Crippen molar-refractivity contribution >= 4 is 17.9 Å². The van der Waals surface area contributed by atoms with Gasteiger partial charge in [0.2, 0.25) is 11.8 Å². The van der Waals surface area contributed by atoms with E-state index in [9.17, 15) is 19.5 Å². The SMILES string of the molecule is CCCC(C)NC(=O)C(c1cc(C)cc(C)c1)N(CCO)C(=O)C(NC(=O)OC(C)(C)C)C(C)C. The van der Waals surface area contributed by atoms with E-state index in [0.29, 0.717) is 5.56 Å². The van der Waals surface area contributed by atoms with Crippen LogP contribution in [0.4, 0.5) is 4.79 Å². The zero-order chi connectivity index (χ0) is 26.9. The van der Waals surface area contributed by atoms with Crippen LogP contribution in [0.5, 0.6) is 0 Å². The first kappa shape index (κ1) is 30.4. The lowest BCUT2D eigenvalue weighted by atomic mass is 9.96. The van der Waals surface area contributed by atoms with Gasteiger partial charge in [0.25, 0.3) is 0 Å². The number of aliphatic hydroxyl groups is 1. The van der Waals surface area contributed by atoms with E-state index < -0.39 is 29.7 Å². The third kappa shape index (κ3) is 9.88. The van der Waals surface area contributed by atoms with Crippen molar-refractivity contribution in [3.8, 4) is 0 Å². The van der Waals surface area contributed by atoms with E-state index in [2.05, 4.69) is 10.6 Å². The van der Waals surface area contributed by atoms with Crippen LogP contribution in [0.2, 0.25) is 0 Å². The van der Waals surface area contributed by atoms with Crippen molar-refractivity contribution in [3.63, 3.8) is 0 Å². The van der Waals surface area contributed by atoms with Crippen LogP contribution in [0, 0.1) is 19.8 Å². The molecule has 0 aromatic heterocycles. The maximum Gasteiger partial charge on any atom is 0.408 e. The topological polar surface area (TPSA) is 108 Å². The summed E-state index contributed by atoms with van der Waals surface area (Å²) in [5, 5.41) is 15.6. The van der Waals surface area contributed by atoms with Crippen LogP contribution in [-0.4, -0.2) is 58.8 Å². The van der Waals surface area contributed by atoms with E-state index in [1.54, 1.807) is 20.8 Å². The fraction of sp³-hybridized carbons (Fsp3) is 0.667. The molecular weight excluding hydrogens is 446 g/mol. The number of nitrogens with zero attached hydrogens (tertiary/aromatic N) is 1. The largest absolute Gasteiger partial charge is 0.444 e. The van der Waals surface area contributed by atoms with Crippen molar-refractivity contribution < 1.29 is 24.2 Å². The molecule has 198 valence electrons. The highest BCUT2D eigenvalue weighted by Gasteiger charge is 2.37. The highest BCUT2D eigenvalue weighted by molar-refractivity contribution is 5.92. The average molecular weight is 492 g/mol. The Morgan fingerprint density at radius 1 is 1.03 bits per heavy atom. The molecule has 0 aliphatic rings. The molecule has 3 amide bonds. The van der Waals surface area contributed by atoms with Gasteiger partial charge in [0.05, 0.1) is 6.61 Å². The number of nitrogens with one attached hydrogen (secondary N) is 2. The molecule has 8 nitrogen and oxygen atoms in total. The lowest BCUT2D eigenvalue weighted by molar-refractivity contribution is -0.144. The van der Waals surface area contributed by atoms with Crippen LogP contribution >= 0.6 is 0 Å². The van der Waals surface area contributed by atoms with Gasteiger partial charge < -0.3 is 25.4 Å². The molecule has 3 atom stereocenters. The van der Waals surface area contributed by atoms with Gasteiger partial charge in [0.1, 0.15) is 17.7 Å². The van der Waals surface area contributed by atoms with Crippen molar-refractivity contribution in [2.75, 3.05) is 13.2 Å². The predicted molar refractivity (Wildman–Crippen MR) is 138 cm³/mol. The second-order valence-electron chi connectivity index (χ2n) is 10.6. The lowest BCUT2D eigenvalue weighted by Crippen LogP contribution is -2.55. The fourth-order valence-corrected chi connectivity index (χ4v) is 4.07. The van der Waals surface area contributed by atoms with Crippen molar-refractivity contribution in [2.24, 2.45) is 5.92 Å². The summed E-state index contributed by atoms with van der Waals surface area (Å²) in [5.74, 6) is -1.06. The third-order valence-electron chi connectivity index (χ3n) is 5.46. The monoisotopic (exact) mass is 491 g/mol. The Balaban J connectivity index is 3.47. The first-order valence-electron chi connectivity index (χ1n) is 12.5. The second kappa shape index (κ2) is 13.5. The minimum Gasteiger partial charge on any atom is -0.444 e. The number of rotatable bonds is 11. The molecule has 0 radical (unpaired) electrons. The maximum absolute atomic E-state index is 13.8. The smallest absolute Gasteiger partial charge is 0.408 e. The minimum absolute atomic E-state index is 0.0642. The number of ether oxygens (including phenoxy) is 1. The molecule has 1 aromatic carbocycles. The number of carbonyl (C=O) groups is 3. The van der Waals surface area contributed by atoms with Crippen LogP contribution in [0.25, 0.3) is 0 Å². The number of aryl methyl sites for hydroxylation is 2. The molecule has 0 bridgehead atoms. The van der Waals surface area contributed by atoms with Gasteiger partial charge in [0.15, 0.2) is 0 Å². The predicted octanol–water partition coefficient (Wildman–Crippen LogP) is 4.02. The summed E-state index contributed by atoms with van der Waals surface area (Å²) in [6.07, 6.45) is 0.996. The van der Waals surface area contributed by atoms with E-state index in [-0.39, 0.29) is 31.0 Å². The molecule has 8 heteroatoms. The van der Waals surface area contributed by atoms with Crippen LogP contribution in [0.3, 0.4) is 0 Å². The number of amides is 3. The molecule has 3 N–H and O–H groups in total. The van der Waals surface area contributed by atoms with E-state index in [0.717, 1.165) is 24.0 Å². The molecular formula is C27H45N3O5. The summed E-state index contributed by atoms with van der Waals surface area (Å²) in [6, 6.07) is 3.78. The Bertz CT molecular complexity index is 843. The summed E-state index contributed by atoms with van der Waals surface area (Å²) >= 11 is 0. The third-order valence-corrected chi connectivity index (χ3v) is 5.46. The molecule has 1 rings (SSSR count). The highest BCUT2D eigenvalue weighted by Crippen LogP contribution is 2.26. The summed E-state index contributed by atoms with van der Waals surface area (Å²) < 4.78 is 5.36. The van der Waals surface area contributed by atoms with Gasteiger partial charge in [-0.25, -0.2) is 4.79 Å². The average Bonchev–Trinajstić information content (AvgIpc) is 2.69. The lowest BCUT2D eigenvalue weighted by Gasteiger charge is -2.36. The zero-order valence-electron chi connectivity index (χ0n) is 22.9. The molecule has 1 aromatic rings. The molecule has 0 spiro atoms. The number of hydrogen-bond acceptors (Lipinski definition) is 5. The number of carbonyl (C=O) groups excluding carboxylic acids is 3. The van der Waals surface area contributed by atoms with Crippen molar-refractivity contribution in [1.29, 1.82) is 0 Å². The quantitative estimate of drug-likeness (QED) is 0.433. The van der Waals surface area contributed by atoms with Gasteiger partial charge in [-0.05, 0) is 59.4 Å². The Morgan fingerprint density at radius 2 is 1.60 bits per heavy atom. The molecule has 0 aliphatic heterocycles. The molecule has 35 heavy (non-hydrogen) atoms. The van der Waals surface area contributed by atoms with E-state index in [4.69, 9.17) is 4.74 Å². The van der Waals surface area contributed by atoms with Crippen molar-refractivity contribution in [2.45, 2.75) is 98.9 Å². The minimum atomic E-state index is -0.964. The van der Waals surface area contributed by atoms with E-state index in [1.807, 2.05) is 59.7 Å². The standard InChI is InChI=1S/C27H45N3O5/c1-10-11-20(6)28-24(32)23(21-15-18(4)14-19(5)16-21)30(12-13-31)25(33)22(17(2)3)29-26(34)35-27(7,8)9/h14-17,20,22-23,31H,10-13H2,1-9H3,(H,28,32)(H,29,34). The number of alkyl carbamates (subject to hydrolysis) is 1. The Kier molecular flexibility index (Phi) is 11.7. The zero-order valence-corrected chi connectivity index (χ0v) is 22.9. The molecule has 3 unspecified atom stereocenters. The summed E-state index contributed by atoms with van der Waals surface area (Å²) in [7, 11) is 0. The van der Waals surface area contributed by atoms with Crippen molar-refractivity contribution in [1.82, 2.24) is 15.5 Å². The van der Waals surface area contributed by atoms with E-state index in [1.165, 1.54) is 4.90 Å². The molecule has 0 saturated carbocycles. The van der Waals surface area contributed by atoms with Gasteiger partial charge in [0, 0.05) is 12.6 Å². The van der Waals surface area contributed by atoms with Crippen LogP contribution in [-0.2, 0) is 14.3 Å². The highest BCUT2D eigenvalue weighted by atomic mass is 16.6. The van der Waals surface area contributed by atoms with Crippen LogP contribution < -0.4 is 10.6 Å². The van der Waals surface area contributed by atoms with Crippen LogP contribution in [0.15, 0.2) is 18.2 Å². The van der Waals surface area contributed by atoms with Gasteiger partial charge in [-0.2, -0.15) is 0 Å². The Hall–Kier alpha value is -2.61. The molecule has 0 saturated heterocycles. The fourth-order valence-electron chi connectivity index (χ4n) is 4.07. The molecule has 0 fully saturated rings. The Morgan fingerprint density at radius 3 is 2.06 bits per heavy atom. The summed E-state index contributed by atoms with van der Waals surface area (Å²) in [5.41, 5.74) is 1.85. The Labute approximate surface area is 210 Å². The first-order chi connectivity index (χ1) is 16.2. The van der Waals surface area contributed by atoms with Gasteiger partial charge in [-0.15, -0.1) is 0 Å². The van der Waals surface area contributed by atoms with Gasteiger partial charge in [-0.1, -0.05) is 56.5 Å².